The zero-order valence-corrected chi connectivity index (χ0v) is 22.0. The van der Waals surface area contributed by atoms with E-state index in [0.29, 0.717) is 40.2 Å². The molecule has 0 aliphatic carbocycles. The Morgan fingerprint density at radius 2 is 1.97 bits per heavy atom. The van der Waals surface area contributed by atoms with Gasteiger partial charge in [-0.05, 0) is 42.3 Å². The van der Waals surface area contributed by atoms with Gasteiger partial charge in [0.15, 0.2) is 18.1 Å². The highest BCUT2D eigenvalue weighted by Gasteiger charge is 2.23. The fraction of sp³-hybridized carbons (Fsp3) is 0.308. The number of halogens is 1. The highest BCUT2D eigenvalue weighted by molar-refractivity contribution is 9.10. The summed E-state index contributed by atoms with van der Waals surface area (Å²) in [5.74, 6) is 0.857. The van der Waals surface area contributed by atoms with Crippen LogP contribution in [-0.4, -0.2) is 42.7 Å². The van der Waals surface area contributed by atoms with Crippen LogP contribution in [-0.2, 0) is 21.4 Å². The molecule has 35 heavy (non-hydrogen) atoms. The first-order valence-electron chi connectivity index (χ1n) is 10.9. The number of carbonyl (C=O) groups excluding carboxylic acids is 1. The lowest BCUT2D eigenvalue weighted by molar-refractivity contribution is -0.142. The number of methoxy groups -OCH3 is 2. The fourth-order valence-electron chi connectivity index (χ4n) is 3.44. The van der Waals surface area contributed by atoms with Crippen molar-refractivity contribution in [3.63, 3.8) is 0 Å². The summed E-state index contributed by atoms with van der Waals surface area (Å²) in [6.45, 7) is 9.47. The molecule has 3 rings (SSSR count). The molecular weight excluding hydrogens is 514 g/mol. The minimum absolute atomic E-state index is 0.257. The molecule has 0 bridgehead atoms. The first-order chi connectivity index (χ1) is 16.6. The third-order valence-corrected chi connectivity index (χ3v) is 5.59. The highest BCUT2D eigenvalue weighted by Crippen LogP contribution is 2.33. The van der Waals surface area contributed by atoms with Crippen molar-refractivity contribution < 1.29 is 19.0 Å². The minimum Gasteiger partial charge on any atom is -0.493 e. The van der Waals surface area contributed by atoms with Crippen LogP contribution in [0.4, 0.5) is 0 Å². The monoisotopic (exact) mass is 541 g/mol. The van der Waals surface area contributed by atoms with E-state index in [2.05, 4.69) is 32.3 Å². The third kappa shape index (κ3) is 5.97. The highest BCUT2D eigenvalue weighted by atomic mass is 79.9. The van der Waals surface area contributed by atoms with Crippen molar-refractivity contribution in [2.24, 2.45) is 5.10 Å². The van der Waals surface area contributed by atoms with Crippen molar-refractivity contribution in [3.8, 4) is 11.5 Å². The van der Waals surface area contributed by atoms with Crippen LogP contribution in [0.15, 0.2) is 57.4 Å². The van der Waals surface area contributed by atoms with Crippen LogP contribution in [0.25, 0.3) is 10.9 Å². The van der Waals surface area contributed by atoms with E-state index in [1.807, 2.05) is 39.0 Å². The van der Waals surface area contributed by atoms with Crippen molar-refractivity contribution in [1.29, 1.82) is 0 Å². The third-order valence-electron chi connectivity index (χ3n) is 5.10. The molecule has 0 saturated heterocycles. The molecule has 1 heterocycles. The zero-order valence-electron chi connectivity index (χ0n) is 20.4. The van der Waals surface area contributed by atoms with E-state index in [1.165, 1.54) is 18.9 Å². The van der Waals surface area contributed by atoms with Crippen molar-refractivity contribution in [2.45, 2.75) is 32.6 Å². The second-order valence-electron chi connectivity index (χ2n) is 8.78. The Morgan fingerprint density at radius 3 is 2.60 bits per heavy atom. The lowest BCUT2D eigenvalue weighted by Crippen LogP contribution is -2.29. The van der Waals surface area contributed by atoms with Crippen LogP contribution in [0.5, 0.6) is 11.5 Å². The van der Waals surface area contributed by atoms with Crippen molar-refractivity contribution >= 4 is 39.0 Å². The first kappa shape index (κ1) is 26.2. The molecule has 0 amide bonds. The quantitative estimate of drug-likeness (QED) is 0.234. The maximum atomic E-state index is 13.4. The maximum absolute atomic E-state index is 13.4. The molecule has 0 saturated carbocycles. The number of fused-ring (bicyclic) bond motifs is 1. The van der Waals surface area contributed by atoms with Gasteiger partial charge in [0.05, 0.1) is 31.3 Å². The van der Waals surface area contributed by atoms with Gasteiger partial charge in [-0.15, -0.1) is 6.58 Å². The molecular formula is C26H28BrN3O5. The van der Waals surface area contributed by atoms with Gasteiger partial charge >= 0.3 is 5.97 Å². The van der Waals surface area contributed by atoms with Crippen LogP contribution in [0, 0.1) is 0 Å². The Morgan fingerprint density at radius 1 is 1.23 bits per heavy atom. The van der Waals surface area contributed by atoms with Crippen molar-refractivity contribution in [2.75, 3.05) is 20.8 Å². The summed E-state index contributed by atoms with van der Waals surface area (Å²) in [5, 5.41) is 4.98. The summed E-state index contributed by atoms with van der Waals surface area (Å²) < 4.78 is 17.9. The Hall–Kier alpha value is -3.46. The number of carbonyl (C=O) groups is 1. The van der Waals surface area contributed by atoms with Gasteiger partial charge in [0.2, 0.25) is 0 Å². The predicted molar refractivity (Wildman–Crippen MR) is 140 cm³/mol. The zero-order chi connectivity index (χ0) is 25.8. The largest absolute Gasteiger partial charge is 0.493 e. The van der Waals surface area contributed by atoms with Gasteiger partial charge in [0.1, 0.15) is 5.82 Å². The molecule has 9 heteroatoms. The van der Waals surface area contributed by atoms with E-state index in [-0.39, 0.29) is 12.2 Å². The molecule has 0 aliphatic rings. The number of esters is 1. The summed E-state index contributed by atoms with van der Waals surface area (Å²) in [6.07, 6.45) is 3.75. The Balaban J connectivity index is 2.13. The maximum Gasteiger partial charge on any atom is 0.343 e. The number of benzene rings is 2. The molecule has 0 radical (unpaired) electrons. The van der Waals surface area contributed by atoms with Crippen molar-refractivity contribution in [1.82, 2.24) is 9.66 Å². The molecule has 0 aliphatic heterocycles. The first-order valence-corrected chi connectivity index (χ1v) is 11.7. The van der Waals surface area contributed by atoms with Gasteiger partial charge in [-0.25, -0.2) is 9.78 Å². The normalized spacial score (nSPS) is 11.6. The summed E-state index contributed by atoms with van der Waals surface area (Å²) in [4.78, 5) is 29.7. The number of rotatable bonds is 8. The van der Waals surface area contributed by atoms with Gasteiger partial charge in [0.25, 0.3) is 5.56 Å². The van der Waals surface area contributed by atoms with Crippen LogP contribution in [0.3, 0.4) is 0 Å². The summed E-state index contributed by atoms with van der Waals surface area (Å²) in [5.41, 5.74) is 1.32. The fourth-order valence-corrected chi connectivity index (χ4v) is 3.80. The molecule has 0 N–H and O–H groups in total. The van der Waals surface area contributed by atoms with E-state index in [4.69, 9.17) is 14.5 Å². The number of hydrogen-bond donors (Lipinski definition) is 0. The van der Waals surface area contributed by atoms with Crippen LogP contribution < -0.4 is 15.0 Å². The van der Waals surface area contributed by atoms with Gasteiger partial charge in [-0.2, -0.15) is 9.78 Å². The Labute approximate surface area is 212 Å². The van der Waals surface area contributed by atoms with Gasteiger partial charge < -0.3 is 14.2 Å². The van der Waals surface area contributed by atoms with E-state index < -0.39 is 11.4 Å². The number of aromatic nitrogens is 2. The Kier molecular flexibility index (Phi) is 8.11. The molecule has 8 nitrogen and oxygen atoms in total. The van der Waals surface area contributed by atoms with Gasteiger partial charge in [0, 0.05) is 15.5 Å². The second kappa shape index (κ2) is 10.9. The van der Waals surface area contributed by atoms with Crippen LogP contribution >= 0.6 is 15.9 Å². The lowest BCUT2D eigenvalue weighted by atomic mass is 9.95. The molecule has 0 fully saturated rings. The lowest BCUT2D eigenvalue weighted by Gasteiger charge is -2.21. The molecule has 1 aromatic heterocycles. The average molecular weight is 542 g/mol. The molecule has 0 atom stereocenters. The average Bonchev–Trinajstić information content (AvgIpc) is 2.81. The number of hydrogen-bond acceptors (Lipinski definition) is 7. The number of nitrogens with zero attached hydrogens (tertiary/aromatic N) is 3. The van der Waals surface area contributed by atoms with E-state index in [9.17, 15) is 9.59 Å². The molecule has 0 unspecified atom stereocenters. The molecule has 3 aromatic rings. The second-order valence-corrected chi connectivity index (χ2v) is 9.69. The summed E-state index contributed by atoms with van der Waals surface area (Å²) >= 11 is 3.42. The molecule has 0 spiro atoms. The number of allylic oxidation sites excluding steroid dienone is 1. The summed E-state index contributed by atoms with van der Waals surface area (Å²) in [7, 11) is 2.80. The Bertz CT molecular complexity index is 1360. The van der Waals surface area contributed by atoms with Crippen molar-refractivity contribution in [3.05, 3.63) is 74.8 Å². The predicted octanol–water partition coefficient (Wildman–Crippen LogP) is 4.63. The van der Waals surface area contributed by atoms with E-state index in [1.54, 1.807) is 24.4 Å². The van der Waals surface area contributed by atoms with E-state index >= 15 is 0 Å². The minimum atomic E-state index is -0.508. The topological polar surface area (TPSA) is 92.0 Å². The van der Waals surface area contributed by atoms with Gasteiger partial charge in [-0.1, -0.05) is 42.8 Å². The SMILES string of the molecule is C=CCc1cc(C=Nn2c(C(C)(C)C)nc3ccc(Br)cc3c2=O)cc(OC)c1OCC(=O)OC. The van der Waals surface area contributed by atoms with E-state index in [0.717, 1.165) is 10.0 Å². The molecule has 2 aromatic carbocycles. The number of ether oxygens (including phenoxy) is 3. The smallest absolute Gasteiger partial charge is 0.343 e. The van der Waals surface area contributed by atoms with Crippen LogP contribution in [0.2, 0.25) is 0 Å². The van der Waals surface area contributed by atoms with Gasteiger partial charge in [-0.3, -0.25) is 4.79 Å². The van der Waals surface area contributed by atoms with Crippen LogP contribution in [0.1, 0.15) is 37.7 Å². The summed E-state index contributed by atoms with van der Waals surface area (Å²) in [6, 6.07) is 8.96. The molecule has 184 valence electrons. The standard InChI is InChI=1S/C26H28BrN3O5/c1-7-8-17-11-16(12-21(33-5)23(17)35-15-22(31)34-6)14-28-30-24(32)19-13-18(27)9-10-20(19)29-25(30)26(2,3)4/h7,9-14H,1,8,15H2,2-6H3.